The van der Waals surface area contributed by atoms with Gasteiger partial charge in [-0.25, -0.2) is 4.79 Å². The van der Waals surface area contributed by atoms with Crippen molar-refractivity contribution in [3.05, 3.63) is 64.1 Å². The predicted octanol–water partition coefficient (Wildman–Crippen LogP) is 3.55. The molecule has 2 aromatic carbocycles. The summed E-state index contributed by atoms with van der Waals surface area (Å²) in [6, 6.07) is 14.6. The predicted molar refractivity (Wildman–Crippen MR) is 102 cm³/mol. The van der Waals surface area contributed by atoms with Gasteiger partial charge in [0.05, 0.1) is 11.6 Å². The maximum Gasteiger partial charge on any atom is 0.338 e. The fraction of sp³-hybridized carbons (Fsp3) is 0.263. The van der Waals surface area contributed by atoms with Crippen molar-refractivity contribution in [2.45, 2.75) is 13.0 Å². The van der Waals surface area contributed by atoms with Crippen LogP contribution in [0.5, 0.6) is 0 Å². The van der Waals surface area contributed by atoms with Crippen LogP contribution in [-0.4, -0.2) is 32.6 Å². The largest absolute Gasteiger partial charge is 0.452 e. The normalized spacial score (nSPS) is 11.5. The lowest BCUT2D eigenvalue weighted by molar-refractivity contribution is -0.124. The number of anilines is 1. The zero-order chi connectivity index (χ0) is 18.4. The summed E-state index contributed by atoms with van der Waals surface area (Å²) < 4.78 is 6.08. The van der Waals surface area contributed by atoms with Crippen molar-refractivity contribution in [2.24, 2.45) is 0 Å². The number of hydrogen-bond donors (Lipinski definition) is 1. The van der Waals surface area contributed by atoms with Crippen LogP contribution < -0.4 is 10.2 Å². The fourth-order valence-corrected chi connectivity index (χ4v) is 2.51. The molecular formula is C19H21BrN2O3. The van der Waals surface area contributed by atoms with Crippen molar-refractivity contribution in [1.82, 2.24) is 5.32 Å². The first kappa shape index (κ1) is 19.0. The highest BCUT2D eigenvalue weighted by Crippen LogP contribution is 2.17. The number of halogens is 1. The first-order valence-corrected chi connectivity index (χ1v) is 8.65. The van der Waals surface area contributed by atoms with Crippen LogP contribution in [0.1, 0.15) is 28.9 Å². The van der Waals surface area contributed by atoms with Gasteiger partial charge < -0.3 is 15.0 Å². The average Bonchev–Trinajstić information content (AvgIpc) is 2.60. The highest BCUT2D eigenvalue weighted by molar-refractivity contribution is 9.10. The maximum absolute atomic E-state index is 12.1. The van der Waals surface area contributed by atoms with E-state index < -0.39 is 5.97 Å². The molecule has 0 aliphatic carbocycles. The molecule has 0 saturated heterocycles. The third kappa shape index (κ3) is 5.60. The Bertz CT molecular complexity index is 745. The summed E-state index contributed by atoms with van der Waals surface area (Å²) in [6.45, 7) is 1.56. The van der Waals surface area contributed by atoms with Crippen LogP contribution in [-0.2, 0) is 9.53 Å². The quantitative estimate of drug-likeness (QED) is 0.747. The molecule has 0 aromatic heterocycles. The highest BCUT2D eigenvalue weighted by Gasteiger charge is 2.13. The van der Waals surface area contributed by atoms with Gasteiger partial charge in [-0.3, -0.25) is 4.79 Å². The molecule has 0 spiro atoms. The number of amides is 1. The number of nitrogens with zero attached hydrogens (tertiary/aromatic N) is 1. The van der Waals surface area contributed by atoms with E-state index in [1.165, 1.54) is 0 Å². The summed E-state index contributed by atoms with van der Waals surface area (Å²) in [5, 5.41) is 2.81. The minimum Gasteiger partial charge on any atom is -0.452 e. The van der Waals surface area contributed by atoms with Gasteiger partial charge >= 0.3 is 5.97 Å². The molecule has 0 radical (unpaired) electrons. The number of esters is 1. The van der Waals surface area contributed by atoms with Gasteiger partial charge in [0, 0.05) is 24.3 Å². The molecule has 0 saturated carbocycles. The van der Waals surface area contributed by atoms with Gasteiger partial charge in [0.2, 0.25) is 0 Å². The number of carbonyl (C=O) groups excluding carboxylic acids is 2. The van der Waals surface area contributed by atoms with E-state index in [-0.39, 0.29) is 18.6 Å². The van der Waals surface area contributed by atoms with Crippen molar-refractivity contribution in [1.29, 1.82) is 0 Å². The summed E-state index contributed by atoms with van der Waals surface area (Å²) >= 11 is 3.37. The lowest BCUT2D eigenvalue weighted by Gasteiger charge is -2.15. The maximum atomic E-state index is 12.1. The Morgan fingerprint density at radius 2 is 1.84 bits per heavy atom. The highest BCUT2D eigenvalue weighted by atomic mass is 79.9. The second-order valence-electron chi connectivity index (χ2n) is 5.86. The van der Waals surface area contributed by atoms with Crippen LogP contribution in [0, 0.1) is 0 Å². The molecule has 1 atom stereocenters. The van der Waals surface area contributed by atoms with Crippen LogP contribution in [0.4, 0.5) is 5.69 Å². The Hall–Kier alpha value is -2.34. The second kappa shape index (κ2) is 8.67. The van der Waals surface area contributed by atoms with Gasteiger partial charge in [-0.1, -0.05) is 34.1 Å². The number of nitrogens with one attached hydrogen (secondary N) is 1. The van der Waals surface area contributed by atoms with Crippen molar-refractivity contribution < 1.29 is 14.3 Å². The Balaban J connectivity index is 1.88. The van der Waals surface area contributed by atoms with E-state index in [0.717, 1.165) is 15.7 Å². The summed E-state index contributed by atoms with van der Waals surface area (Å²) in [7, 11) is 3.78. The zero-order valence-electron chi connectivity index (χ0n) is 14.5. The van der Waals surface area contributed by atoms with E-state index in [4.69, 9.17) is 4.74 Å². The van der Waals surface area contributed by atoms with Gasteiger partial charge in [-0.15, -0.1) is 0 Å². The molecule has 5 nitrogen and oxygen atoms in total. The molecule has 2 rings (SSSR count). The van der Waals surface area contributed by atoms with Crippen molar-refractivity contribution in [2.75, 3.05) is 25.6 Å². The lowest BCUT2D eigenvalue weighted by Crippen LogP contribution is -2.31. The minimum absolute atomic E-state index is 0.170. The van der Waals surface area contributed by atoms with Gasteiger partial charge in [0.15, 0.2) is 6.61 Å². The molecule has 1 N–H and O–H groups in total. The Labute approximate surface area is 156 Å². The summed E-state index contributed by atoms with van der Waals surface area (Å²) in [5.74, 6) is -0.859. The molecule has 6 heteroatoms. The Kier molecular flexibility index (Phi) is 6.58. The topological polar surface area (TPSA) is 58.6 Å². The molecule has 0 fully saturated rings. The van der Waals surface area contributed by atoms with E-state index in [2.05, 4.69) is 21.2 Å². The van der Waals surface area contributed by atoms with E-state index in [9.17, 15) is 9.59 Å². The van der Waals surface area contributed by atoms with Crippen LogP contribution in [0.25, 0.3) is 0 Å². The summed E-state index contributed by atoms with van der Waals surface area (Å²) in [4.78, 5) is 26.0. The monoisotopic (exact) mass is 404 g/mol. The Morgan fingerprint density at radius 3 is 2.48 bits per heavy atom. The molecule has 0 unspecified atom stereocenters. The first-order valence-electron chi connectivity index (χ1n) is 7.86. The zero-order valence-corrected chi connectivity index (χ0v) is 16.0. The molecular weight excluding hydrogens is 384 g/mol. The van der Waals surface area contributed by atoms with E-state index in [1.54, 1.807) is 18.2 Å². The molecule has 0 aliphatic heterocycles. The third-order valence-electron chi connectivity index (χ3n) is 3.68. The lowest BCUT2D eigenvalue weighted by atomic mass is 10.1. The van der Waals surface area contributed by atoms with Crippen molar-refractivity contribution >= 4 is 33.5 Å². The number of carbonyl (C=O) groups is 2. The summed E-state index contributed by atoms with van der Waals surface area (Å²) in [6.07, 6.45) is 0. The molecule has 0 aliphatic rings. The minimum atomic E-state index is -0.518. The Morgan fingerprint density at radius 1 is 1.16 bits per heavy atom. The van der Waals surface area contributed by atoms with Gasteiger partial charge in [0.25, 0.3) is 5.91 Å². The molecule has 2 aromatic rings. The van der Waals surface area contributed by atoms with Gasteiger partial charge in [-0.2, -0.15) is 0 Å². The molecule has 1 amide bonds. The van der Waals surface area contributed by atoms with E-state index in [0.29, 0.717) is 5.56 Å². The molecule has 25 heavy (non-hydrogen) atoms. The molecule has 132 valence electrons. The smallest absolute Gasteiger partial charge is 0.338 e. The molecule has 0 heterocycles. The number of hydrogen-bond acceptors (Lipinski definition) is 4. The number of benzene rings is 2. The van der Waals surface area contributed by atoms with Crippen LogP contribution in [0.2, 0.25) is 0 Å². The number of rotatable bonds is 6. The van der Waals surface area contributed by atoms with E-state index in [1.807, 2.05) is 56.3 Å². The number of ether oxygens (including phenoxy) is 1. The van der Waals surface area contributed by atoms with Crippen molar-refractivity contribution in [3.63, 3.8) is 0 Å². The van der Waals surface area contributed by atoms with E-state index >= 15 is 0 Å². The first-order chi connectivity index (χ1) is 11.9. The van der Waals surface area contributed by atoms with Crippen LogP contribution in [0.3, 0.4) is 0 Å². The third-order valence-corrected chi connectivity index (χ3v) is 4.21. The molecule has 0 bridgehead atoms. The fourth-order valence-electron chi connectivity index (χ4n) is 2.24. The van der Waals surface area contributed by atoms with Crippen LogP contribution in [0.15, 0.2) is 53.0 Å². The summed E-state index contributed by atoms with van der Waals surface area (Å²) in [5.41, 5.74) is 2.28. The van der Waals surface area contributed by atoms with Crippen molar-refractivity contribution in [3.8, 4) is 0 Å². The average molecular weight is 405 g/mol. The van der Waals surface area contributed by atoms with Gasteiger partial charge in [-0.05, 0) is 42.8 Å². The van der Waals surface area contributed by atoms with Crippen LogP contribution >= 0.6 is 15.9 Å². The van der Waals surface area contributed by atoms with Gasteiger partial charge in [0.1, 0.15) is 0 Å². The SMILES string of the molecule is C[C@H](NC(=O)COC(=O)c1cccc(N(C)C)c1)c1ccc(Br)cc1. The standard InChI is InChI=1S/C19H21BrN2O3/c1-13(14-7-9-16(20)10-8-14)21-18(23)12-25-19(24)15-5-4-6-17(11-15)22(2)3/h4-11,13H,12H2,1-3H3,(H,21,23)/t13-/m0/s1. The second-order valence-corrected chi connectivity index (χ2v) is 6.78.